The number of nitrogens with zero attached hydrogens (tertiary/aromatic N) is 2. The summed E-state index contributed by atoms with van der Waals surface area (Å²) in [4.78, 5) is 30.0. The molecule has 1 atom stereocenters. The topological polar surface area (TPSA) is 239 Å². The molecule has 0 bridgehead atoms. The number of amides is 1. The molecule has 1 amide bonds. The van der Waals surface area contributed by atoms with Crippen LogP contribution in [0.3, 0.4) is 0 Å². The highest BCUT2D eigenvalue weighted by Crippen LogP contribution is 2.48. The lowest BCUT2D eigenvalue weighted by Crippen LogP contribution is -2.49. The van der Waals surface area contributed by atoms with Crippen LogP contribution in [-0.2, 0) is 56.6 Å². The third-order valence-corrected chi connectivity index (χ3v) is 12.6. The highest BCUT2D eigenvalue weighted by Gasteiger charge is 2.50. The van der Waals surface area contributed by atoms with Gasteiger partial charge in [0.2, 0.25) is 11.5 Å². The normalized spacial score (nSPS) is 19.7. The van der Waals surface area contributed by atoms with Crippen LogP contribution in [0.25, 0.3) is 17.2 Å². The molecule has 1 unspecified atom stereocenters. The number of nitrogens with one attached hydrogen (secondary N) is 1. The summed E-state index contributed by atoms with van der Waals surface area (Å²) < 4.78 is 111. The summed E-state index contributed by atoms with van der Waals surface area (Å²) in [6.45, 7) is 7.46. The highest BCUT2D eigenvalue weighted by atomic mass is 32.2. The molecule has 1 aliphatic heterocycles. The maximum Gasteiger partial charge on any atom is 0.374 e. The second-order valence-corrected chi connectivity index (χ2v) is 19.9. The summed E-state index contributed by atoms with van der Waals surface area (Å²) >= 11 is 0. The largest absolute Gasteiger partial charge is 0.465 e. The Hall–Kier alpha value is -4.66. The predicted octanol–water partition coefficient (Wildman–Crippen LogP) is 4.48. The van der Waals surface area contributed by atoms with Gasteiger partial charge < -0.3 is 19.4 Å². The number of aromatic nitrogens is 1. The van der Waals surface area contributed by atoms with Crippen molar-refractivity contribution in [3.63, 3.8) is 0 Å². The summed E-state index contributed by atoms with van der Waals surface area (Å²) in [5.41, 5.74) is 3.30. The van der Waals surface area contributed by atoms with Gasteiger partial charge >= 0.3 is 11.9 Å². The van der Waals surface area contributed by atoms with Gasteiger partial charge in [0.1, 0.15) is 0 Å². The van der Waals surface area contributed by atoms with Gasteiger partial charge in [-0.15, -0.1) is 0 Å². The predicted molar refractivity (Wildman–Crippen MR) is 221 cm³/mol. The fraction of sp³-hybridized carbons (Fsp3) is 0.425. The molecular formula is C40H50N3O13S3+. The fourth-order valence-electron chi connectivity index (χ4n) is 7.56. The Morgan fingerprint density at radius 2 is 1.59 bits per heavy atom. The molecule has 0 saturated heterocycles. The number of oxazole rings is 1. The number of hydrogen-bond donors (Lipinski definition) is 4. The molecule has 5 rings (SSSR count). The van der Waals surface area contributed by atoms with E-state index in [0.717, 1.165) is 22.5 Å². The molecule has 19 heteroatoms. The van der Waals surface area contributed by atoms with Crippen LogP contribution in [0.15, 0.2) is 88.0 Å². The molecule has 2 aromatic carbocycles. The van der Waals surface area contributed by atoms with Crippen LogP contribution in [0.4, 0.5) is 5.69 Å². The minimum Gasteiger partial charge on any atom is -0.465 e. The van der Waals surface area contributed by atoms with E-state index in [9.17, 15) is 48.5 Å². The number of para-hydroxylation sites is 2. The number of rotatable bonds is 17. The molecule has 0 spiro atoms. The van der Waals surface area contributed by atoms with E-state index in [0.29, 0.717) is 28.1 Å². The minimum absolute atomic E-state index is 0.0657. The second kappa shape index (κ2) is 17.9. The van der Waals surface area contributed by atoms with Crippen molar-refractivity contribution in [2.75, 3.05) is 41.9 Å². The van der Waals surface area contributed by atoms with Crippen LogP contribution in [0.5, 0.6) is 0 Å². The van der Waals surface area contributed by atoms with Gasteiger partial charge in [-0.3, -0.25) is 23.2 Å². The van der Waals surface area contributed by atoms with E-state index < -0.39 is 76.9 Å². The third-order valence-electron chi connectivity index (χ3n) is 10.3. The van der Waals surface area contributed by atoms with Crippen molar-refractivity contribution >= 4 is 65.1 Å². The minimum atomic E-state index is -4.45. The van der Waals surface area contributed by atoms with E-state index in [1.165, 1.54) is 0 Å². The molecule has 1 aliphatic carbocycles. The molecule has 59 heavy (non-hydrogen) atoms. The number of fused-ring (bicyclic) bond motifs is 2. The summed E-state index contributed by atoms with van der Waals surface area (Å²) in [5.74, 6) is -3.09. The molecular weight excluding hydrogens is 827 g/mol. The molecule has 0 radical (unpaired) electrons. The highest BCUT2D eigenvalue weighted by molar-refractivity contribution is 7.86. The van der Waals surface area contributed by atoms with Gasteiger partial charge in [0, 0.05) is 42.4 Å². The molecule has 1 aromatic heterocycles. The van der Waals surface area contributed by atoms with Crippen molar-refractivity contribution in [3.8, 4) is 0 Å². The quantitative estimate of drug-likeness (QED) is 0.0634. The van der Waals surface area contributed by atoms with Gasteiger partial charge in [0.15, 0.2) is 12.0 Å². The Bertz CT molecular complexity index is 2570. The standard InChI is InChI=1S/C40H49N3O13S3/c1-5-55-38(45)40(37(44)41-18-23-59(52,53)54)26-29(13-16-35-39(3,4)31-24-28(2)12-15-32(31)42(35)19-8-21-57(46,47)48)25-30(27-40)14-17-36-43(20-9-22-58(49,50)51)33-10-6-7-11-34(33)56-36/h6-7,10-17,24-25H,5,8-9,18-23,26-27H2,1-4H3,(H3-,41,44,46,47,48,49,50,51,52,53,54)/p+1. The van der Waals surface area contributed by atoms with E-state index >= 15 is 0 Å². The summed E-state index contributed by atoms with van der Waals surface area (Å²) in [6.07, 6.45) is 8.50. The lowest BCUT2D eigenvalue weighted by atomic mass is 9.71. The Balaban J connectivity index is 1.63. The molecule has 0 saturated carbocycles. The first-order valence-electron chi connectivity index (χ1n) is 18.9. The van der Waals surface area contributed by atoms with E-state index in [1.54, 1.807) is 60.1 Å². The SMILES string of the molecule is CCOC(=O)C1(C(=O)NCCS(=O)(=O)O)CC(=CC=C2N(CCCS(=O)(=O)O)c3ccc(C)cc3C2(C)C)C=C(C=Cc2oc3ccccc3[n+]2CCCS(=O)(=O)O)C1. The smallest absolute Gasteiger partial charge is 0.374 e. The van der Waals surface area contributed by atoms with E-state index in [-0.39, 0.29) is 45.4 Å². The lowest BCUT2D eigenvalue weighted by molar-refractivity contribution is -0.677. The zero-order chi connectivity index (χ0) is 43.4. The van der Waals surface area contributed by atoms with Crippen molar-refractivity contribution < 1.29 is 62.2 Å². The number of esters is 1. The Labute approximate surface area is 344 Å². The Kier molecular flexibility index (Phi) is 13.8. The third kappa shape index (κ3) is 11.3. The number of carbonyl (C=O) groups excluding carboxylic acids is 2. The maximum atomic E-state index is 14.1. The molecule has 16 nitrogen and oxygen atoms in total. The molecule has 2 aliphatic rings. The van der Waals surface area contributed by atoms with E-state index in [2.05, 4.69) is 11.4 Å². The summed E-state index contributed by atoms with van der Waals surface area (Å²) in [5, 5.41) is 2.49. The first-order valence-corrected chi connectivity index (χ1v) is 23.8. The number of benzene rings is 2. The van der Waals surface area contributed by atoms with Gasteiger partial charge in [0.25, 0.3) is 35.9 Å². The van der Waals surface area contributed by atoms with Gasteiger partial charge in [-0.1, -0.05) is 55.8 Å². The van der Waals surface area contributed by atoms with Crippen molar-refractivity contribution in [2.45, 2.75) is 65.3 Å². The van der Waals surface area contributed by atoms with Gasteiger partial charge in [-0.05, 0) is 74.1 Å². The zero-order valence-corrected chi connectivity index (χ0v) is 35.7. The fourth-order valence-corrected chi connectivity index (χ4v) is 8.90. The van der Waals surface area contributed by atoms with Crippen LogP contribution in [0.1, 0.15) is 63.5 Å². The van der Waals surface area contributed by atoms with Crippen molar-refractivity contribution in [1.82, 2.24) is 5.32 Å². The van der Waals surface area contributed by atoms with Gasteiger partial charge in [-0.25, -0.2) is 0 Å². The number of ether oxygens (including phenoxy) is 1. The summed E-state index contributed by atoms with van der Waals surface area (Å²) in [6, 6.07) is 13.0. The molecule has 4 N–H and O–H groups in total. The Morgan fingerprint density at radius 1 is 0.915 bits per heavy atom. The molecule has 0 fully saturated rings. The number of aryl methyl sites for hydroxylation is 2. The van der Waals surface area contributed by atoms with Crippen molar-refractivity contribution in [3.05, 3.63) is 101 Å². The van der Waals surface area contributed by atoms with Gasteiger partial charge in [-0.2, -0.15) is 29.8 Å². The van der Waals surface area contributed by atoms with Crippen molar-refractivity contribution in [2.24, 2.45) is 5.41 Å². The lowest BCUT2D eigenvalue weighted by Gasteiger charge is -2.34. The van der Waals surface area contributed by atoms with Crippen LogP contribution in [0.2, 0.25) is 0 Å². The van der Waals surface area contributed by atoms with E-state index in [4.69, 9.17) is 9.15 Å². The monoisotopic (exact) mass is 876 g/mol. The number of hydrogen-bond acceptors (Lipinski definition) is 11. The molecule has 2 heterocycles. The van der Waals surface area contributed by atoms with Crippen LogP contribution in [-0.4, -0.2) is 87.7 Å². The first-order chi connectivity index (χ1) is 27.5. The average molecular weight is 877 g/mol. The number of allylic oxidation sites excluding steroid dienone is 7. The Morgan fingerprint density at radius 3 is 2.27 bits per heavy atom. The molecule has 3 aromatic rings. The zero-order valence-electron chi connectivity index (χ0n) is 33.2. The molecule has 320 valence electrons. The van der Waals surface area contributed by atoms with Crippen LogP contribution >= 0.6 is 0 Å². The number of anilines is 1. The van der Waals surface area contributed by atoms with Gasteiger partial charge in [0.05, 0.1) is 29.9 Å². The second-order valence-electron chi connectivity index (χ2n) is 15.2. The first kappa shape index (κ1) is 45.4. The summed E-state index contributed by atoms with van der Waals surface area (Å²) in [7, 11) is -12.9. The average Bonchev–Trinajstić information content (AvgIpc) is 3.58. The van der Waals surface area contributed by atoms with E-state index in [1.807, 2.05) is 43.9 Å². The van der Waals surface area contributed by atoms with Crippen LogP contribution in [0, 0.1) is 12.3 Å². The van der Waals surface area contributed by atoms with Crippen LogP contribution < -0.4 is 14.8 Å². The van der Waals surface area contributed by atoms with Crippen molar-refractivity contribution in [1.29, 1.82) is 0 Å². The maximum absolute atomic E-state index is 14.1. The number of carbonyl (C=O) groups is 2.